The third kappa shape index (κ3) is 3.02. The zero-order valence-corrected chi connectivity index (χ0v) is 17.1. The third-order valence-corrected chi connectivity index (χ3v) is 6.36. The molecule has 30 heavy (non-hydrogen) atoms. The van der Waals surface area contributed by atoms with Gasteiger partial charge in [-0.3, -0.25) is 9.69 Å². The number of hydrogen-bond donors (Lipinski definition) is 0. The van der Waals surface area contributed by atoms with Crippen molar-refractivity contribution >= 4 is 11.4 Å². The number of fused-ring (bicyclic) bond motifs is 2. The highest BCUT2D eigenvalue weighted by Crippen LogP contribution is 2.35. The fraction of sp³-hybridized carbons (Fsp3) is 0.409. The van der Waals surface area contributed by atoms with Gasteiger partial charge in [-0.05, 0) is 31.5 Å². The molecule has 156 valence electrons. The molecule has 0 bridgehead atoms. The molecule has 1 aromatic carbocycles. The van der Waals surface area contributed by atoms with E-state index in [2.05, 4.69) is 15.1 Å². The first-order valence-electron chi connectivity index (χ1n) is 10.2. The average Bonchev–Trinajstić information content (AvgIpc) is 3.08. The van der Waals surface area contributed by atoms with Gasteiger partial charge in [0.2, 0.25) is 0 Å². The maximum atomic E-state index is 14.5. The second kappa shape index (κ2) is 7.36. The Hall–Kier alpha value is -3.00. The summed E-state index contributed by atoms with van der Waals surface area (Å²) in [6.07, 6.45) is 2.55. The summed E-state index contributed by atoms with van der Waals surface area (Å²) in [5, 5.41) is 8.55. The van der Waals surface area contributed by atoms with Crippen LogP contribution in [-0.4, -0.2) is 63.3 Å². The zero-order valence-electron chi connectivity index (χ0n) is 17.1. The maximum absolute atomic E-state index is 14.5. The molecule has 8 heteroatoms. The maximum Gasteiger partial charge on any atom is 0.258 e. The first-order chi connectivity index (χ1) is 14.6. The van der Waals surface area contributed by atoms with Gasteiger partial charge >= 0.3 is 0 Å². The molecule has 2 aliphatic rings. The van der Waals surface area contributed by atoms with E-state index in [0.29, 0.717) is 41.9 Å². The Morgan fingerprint density at radius 3 is 2.93 bits per heavy atom. The van der Waals surface area contributed by atoms with Crippen LogP contribution in [0.5, 0.6) is 5.75 Å². The van der Waals surface area contributed by atoms with E-state index in [1.54, 1.807) is 12.3 Å². The molecule has 0 spiro atoms. The first kappa shape index (κ1) is 19.0. The van der Waals surface area contributed by atoms with Crippen molar-refractivity contribution in [2.75, 3.05) is 26.7 Å². The predicted molar refractivity (Wildman–Crippen MR) is 109 cm³/mol. The van der Waals surface area contributed by atoms with Crippen molar-refractivity contribution in [1.82, 2.24) is 24.6 Å². The Balaban J connectivity index is 1.27. The summed E-state index contributed by atoms with van der Waals surface area (Å²) in [5.74, 6) is 0.430. The van der Waals surface area contributed by atoms with Crippen LogP contribution in [0.1, 0.15) is 28.0 Å². The lowest BCUT2D eigenvalue weighted by molar-refractivity contribution is -0.0426. The molecule has 5 rings (SSSR count). The van der Waals surface area contributed by atoms with E-state index < -0.39 is 0 Å². The smallest absolute Gasteiger partial charge is 0.258 e. The largest absolute Gasteiger partial charge is 0.494 e. The van der Waals surface area contributed by atoms with Gasteiger partial charge < -0.3 is 9.64 Å². The van der Waals surface area contributed by atoms with Crippen LogP contribution in [0.15, 0.2) is 36.5 Å². The van der Waals surface area contributed by atoms with Crippen molar-refractivity contribution in [2.24, 2.45) is 5.92 Å². The van der Waals surface area contributed by atoms with E-state index in [-0.39, 0.29) is 17.5 Å². The number of ether oxygens (including phenoxy) is 1. The van der Waals surface area contributed by atoms with Crippen molar-refractivity contribution in [3.05, 3.63) is 59.2 Å². The third-order valence-electron chi connectivity index (χ3n) is 6.36. The molecule has 0 aliphatic carbocycles. The molecule has 0 radical (unpaired) electrons. The second-order valence-corrected chi connectivity index (χ2v) is 8.09. The second-order valence-electron chi connectivity index (χ2n) is 8.09. The summed E-state index contributed by atoms with van der Waals surface area (Å²) in [7, 11) is 1.48. The fourth-order valence-corrected chi connectivity index (χ4v) is 4.83. The van der Waals surface area contributed by atoms with E-state index >= 15 is 0 Å². The van der Waals surface area contributed by atoms with Gasteiger partial charge in [-0.2, -0.15) is 14.8 Å². The van der Waals surface area contributed by atoms with Crippen molar-refractivity contribution in [1.29, 1.82) is 0 Å². The lowest BCUT2D eigenvalue weighted by Gasteiger charge is -2.53. The molecule has 4 heterocycles. The Kier molecular flexibility index (Phi) is 4.66. The van der Waals surface area contributed by atoms with Crippen molar-refractivity contribution in [2.45, 2.75) is 25.9 Å². The molecule has 0 N–H and O–H groups in total. The number of carbonyl (C=O) groups is 1. The molecular weight excluding hydrogens is 385 g/mol. The normalized spacial score (nSPS) is 21.4. The number of benzene rings is 1. The van der Waals surface area contributed by atoms with Gasteiger partial charge in [-0.1, -0.05) is 12.1 Å². The van der Waals surface area contributed by atoms with Crippen molar-refractivity contribution < 1.29 is 13.9 Å². The zero-order chi connectivity index (χ0) is 20.8. The molecular formula is C22H24FN5O2. The highest BCUT2D eigenvalue weighted by molar-refractivity contribution is 6.01. The van der Waals surface area contributed by atoms with Crippen LogP contribution in [0, 0.1) is 18.7 Å². The van der Waals surface area contributed by atoms with Gasteiger partial charge in [-0.15, -0.1) is 0 Å². The molecule has 2 atom stereocenters. The standard InChI is InChI=1S/C22H24FN5O2/c1-14-20(18-6-4-9-24-28(18)25-14)22(29)26-10-8-17-16(12-26)13-27(17)11-15-5-3-7-19(30-2)21(15)23/h3-7,9,16-17H,8,10-13H2,1-2H3/t16-,17-/m0/s1. The average molecular weight is 409 g/mol. The quantitative estimate of drug-likeness (QED) is 0.663. The van der Waals surface area contributed by atoms with Gasteiger partial charge in [0.1, 0.15) is 5.52 Å². The van der Waals surface area contributed by atoms with Gasteiger partial charge in [0, 0.05) is 49.9 Å². The molecule has 7 nitrogen and oxygen atoms in total. The van der Waals surface area contributed by atoms with Crippen LogP contribution in [0.25, 0.3) is 5.52 Å². The monoisotopic (exact) mass is 409 g/mol. The van der Waals surface area contributed by atoms with Crippen LogP contribution in [-0.2, 0) is 6.54 Å². The minimum absolute atomic E-state index is 0.0197. The van der Waals surface area contributed by atoms with Gasteiger partial charge in [0.15, 0.2) is 11.6 Å². The van der Waals surface area contributed by atoms with Gasteiger partial charge in [0.05, 0.1) is 18.4 Å². The van der Waals surface area contributed by atoms with Crippen molar-refractivity contribution in [3.63, 3.8) is 0 Å². The van der Waals surface area contributed by atoms with Crippen LogP contribution in [0.2, 0.25) is 0 Å². The lowest BCUT2D eigenvalue weighted by Crippen LogP contribution is -2.63. The number of halogens is 1. The Labute approximate surface area is 174 Å². The fourth-order valence-electron chi connectivity index (χ4n) is 4.83. The van der Waals surface area contributed by atoms with Crippen LogP contribution < -0.4 is 4.74 Å². The van der Waals surface area contributed by atoms with Gasteiger partial charge in [0.25, 0.3) is 5.91 Å². The van der Waals surface area contributed by atoms with E-state index in [9.17, 15) is 9.18 Å². The number of carbonyl (C=O) groups excluding carboxylic acids is 1. The number of methoxy groups -OCH3 is 1. The Morgan fingerprint density at radius 1 is 1.27 bits per heavy atom. The number of likely N-dealkylation sites (tertiary alicyclic amines) is 2. The SMILES string of the molecule is COc1cccc(CN2C[C@@H]3CN(C(=O)c4c(C)nn5ncccc45)CC[C@@H]32)c1F. The molecule has 2 aromatic heterocycles. The summed E-state index contributed by atoms with van der Waals surface area (Å²) >= 11 is 0. The van der Waals surface area contributed by atoms with Crippen LogP contribution in [0.3, 0.4) is 0 Å². The predicted octanol–water partition coefficient (Wildman–Crippen LogP) is 2.53. The van der Waals surface area contributed by atoms with Gasteiger partial charge in [-0.25, -0.2) is 4.39 Å². The van der Waals surface area contributed by atoms with E-state index in [4.69, 9.17) is 4.74 Å². The Morgan fingerprint density at radius 2 is 2.13 bits per heavy atom. The molecule has 2 saturated heterocycles. The minimum atomic E-state index is -0.284. The summed E-state index contributed by atoms with van der Waals surface area (Å²) in [6, 6.07) is 9.35. The highest BCUT2D eigenvalue weighted by atomic mass is 19.1. The van der Waals surface area contributed by atoms with Crippen molar-refractivity contribution in [3.8, 4) is 5.75 Å². The lowest BCUT2D eigenvalue weighted by atomic mass is 9.82. The van der Waals surface area contributed by atoms with E-state index in [1.807, 2.05) is 36.1 Å². The summed E-state index contributed by atoms with van der Waals surface area (Å²) in [6.45, 7) is 4.69. The molecule has 2 fully saturated rings. The number of hydrogen-bond acceptors (Lipinski definition) is 5. The number of aryl methyl sites for hydroxylation is 1. The summed E-state index contributed by atoms with van der Waals surface area (Å²) in [5.41, 5.74) is 2.73. The number of aromatic nitrogens is 3. The van der Waals surface area contributed by atoms with Crippen LogP contribution >= 0.6 is 0 Å². The number of amides is 1. The number of piperidine rings is 1. The Bertz CT molecular complexity index is 1110. The molecule has 1 amide bonds. The topological polar surface area (TPSA) is 63.0 Å². The first-order valence-corrected chi connectivity index (χ1v) is 10.2. The number of nitrogens with zero attached hydrogens (tertiary/aromatic N) is 5. The number of rotatable bonds is 4. The van der Waals surface area contributed by atoms with Crippen LogP contribution in [0.4, 0.5) is 4.39 Å². The molecule has 0 saturated carbocycles. The summed E-state index contributed by atoms with van der Waals surface area (Å²) in [4.78, 5) is 17.5. The van der Waals surface area contributed by atoms with E-state index in [1.165, 1.54) is 11.7 Å². The molecule has 3 aromatic rings. The highest BCUT2D eigenvalue weighted by Gasteiger charge is 2.44. The molecule has 2 aliphatic heterocycles. The van der Waals surface area contributed by atoms with E-state index in [0.717, 1.165) is 25.0 Å². The molecule has 0 unspecified atom stereocenters. The summed E-state index contributed by atoms with van der Waals surface area (Å²) < 4.78 is 21.1. The minimum Gasteiger partial charge on any atom is -0.494 e.